The van der Waals surface area contributed by atoms with E-state index in [0.29, 0.717) is 32.2 Å². The van der Waals surface area contributed by atoms with E-state index >= 15 is 0 Å². The monoisotopic (exact) mass is 552 g/mol. The van der Waals surface area contributed by atoms with Crippen LogP contribution in [-0.4, -0.2) is 44.6 Å². The quantitative estimate of drug-likeness (QED) is 0.469. The minimum absolute atomic E-state index is 0.0131. The summed E-state index contributed by atoms with van der Waals surface area (Å²) >= 11 is 0. The Balaban J connectivity index is 1.58. The van der Waals surface area contributed by atoms with E-state index in [9.17, 15) is 35.6 Å². The molecule has 4 rings (SSSR count). The minimum Gasteiger partial charge on any atom is -0.353 e. The summed E-state index contributed by atoms with van der Waals surface area (Å²) in [6, 6.07) is 5.96. The van der Waals surface area contributed by atoms with Crippen LogP contribution in [0.1, 0.15) is 22.4 Å². The summed E-state index contributed by atoms with van der Waals surface area (Å²) in [4.78, 5) is 11.2. The number of aryl methyl sites for hydroxylation is 1. The van der Waals surface area contributed by atoms with Crippen LogP contribution >= 0.6 is 0 Å². The van der Waals surface area contributed by atoms with Crippen molar-refractivity contribution in [2.24, 2.45) is 0 Å². The SMILES string of the molecule is Cc1nc(N2CCN(c3cc(C(F)(F)F)ccn3)CC2)c(C#N)c(C)c1NS(=O)(=O)c1ccc(F)cc1F. The second kappa shape index (κ2) is 10.1. The molecule has 0 radical (unpaired) electrons. The fraction of sp³-hybridized carbons (Fsp3) is 0.292. The van der Waals surface area contributed by atoms with Crippen molar-refractivity contribution in [2.75, 3.05) is 40.7 Å². The number of pyridine rings is 2. The van der Waals surface area contributed by atoms with E-state index in [1.54, 1.807) is 9.80 Å². The number of nitrogens with zero attached hydrogens (tertiary/aromatic N) is 5. The molecule has 0 unspecified atom stereocenters. The molecule has 3 heterocycles. The number of hydrogen-bond donors (Lipinski definition) is 1. The summed E-state index contributed by atoms with van der Waals surface area (Å²) in [5, 5.41) is 9.85. The number of nitriles is 1. The molecule has 1 fully saturated rings. The molecule has 0 amide bonds. The van der Waals surface area contributed by atoms with Gasteiger partial charge in [0.25, 0.3) is 10.0 Å². The fourth-order valence-electron chi connectivity index (χ4n) is 4.15. The highest BCUT2D eigenvalue weighted by molar-refractivity contribution is 7.92. The zero-order valence-corrected chi connectivity index (χ0v) is 21.0. The standard InChI is InChI=1S/C24H21F5N6O2S/c1-14-18(13-30)23(32-15(2)22(14)33-38(36,37)20-4-3-17(25)12-19(20)26)35-9-7-34(8-10-35)21-11-16(5-6-31-21)24(27,28)29/h3-6,11-12,33H,7-10H2,1-2H3. The van der Waals surface area contributed by atoms with Crippen LogP contribution in [-0.2, 0) is 16.2 Å². The summed E-state index contributed by atoms with van der Waals surface area (Å²) in [7, 11) is -4.47. The van der Waals surface area contributed by atoms with Gasteiger partial charge in [0, 0.05) is 38.4 Å². The number of benzene rings is 1. The van der Waals surface area contributed by atoms with E-state index in [0.717, 1.165) is 30.5 Å². The molecular weight excluding hydrogens is 531 g/mol. The van der Waals surface area contributed by atoms with Crippen molar-refractivity contribution in [1.29, 1.82) is 5.26 Å². The van der Waals surface area contributed by atoms with Crippen molar-refractivity contribution in [3.63, 3.8) is 0 Å². The van der Waals surface area contributed by atoms with Crippen LogP contribution < -0.4 is 14.5 Å². The smallest absolute Gasteiger partial charge is 0.353 e. The molecule has 0 aliphatic carbocycles. The molecular formula is C24H21F5N6O2S. The first-order valence-corrected chi connectivity index (χ1v) is 12.7. The molecule has 8 nitrogen and oxygen atoms in total. The van der Waals surface area contributed by atoms with Gasteiger partial charge in [-0.1, -0.05) is 0 Å². The highest BCUT2D eigenvalue weighted by atomic mass is 32.2. The molecule has 2 aromatic heterocycles. The van der Waals surface area contributed by atoms with Crippen molar-refractivity contribution < 1.29 is 30.4 Å². The van der Waals surface area contributed by atoms with Crippen molar-refractivity contribution in [3.8, 4) is 6.07 Å². The lowest BCUT2D eigenvalue weighted by molar-refractivity contribution is -0.137. The molecule has 1 aliphatic heterocycles. The Bertz CT molecular complexity index is 1530. The predicted octanol–water partition coefficient (Wildman–Crippen LogP) is 4.39. The largest absolute Gasteiger partial charge is 0.416 e. The first-order chi connectivity index (χ1) is 17.8. The van der Waals surface area contributed by atoms with Gasteiger partial charge in [0.15, 0.2) is 0 Å². The van der Waals surface area contributed by atoms with E-state index in [-0.39, 0.29) is 34.1 Å². The summed E-state index contributed by atoms with van der Waals surface area (Å²) in [5.74, 6) is -1.74. The Morgan fingerprint density at radius 3 is 2.29 bits per heavy atom. The molecule has 0 saturated carbocycles. The third-order valence-corrected chi connectivity index (χ3v) is 7.50. The second-order valence-corrected chi connectivity index (χ2v) is 10.2. The van der Waals surface area contributed by atoms with Gasteiger partial charge in [-0.3, -0.25) is 4.72 Å². The summed E-state index contributed by atoms with van der Waals surface area (Å²) in [6.07, 6.45) is -3.39. The maximum atomic E-state index is 14.1. The first-order valence-electron chi connectivity index (χ1n) is 11.2. The number of aromatic nitrogens is 2. The lowest BCUT2D eigenvalue weighted by Gasteiger charge is -2.37. The van der Waals surface area contributed by atoms with Gasteiger partial charge in [-0.25, -0.2) is 27.2 Å². The van der Waals surface area contributed by atoms with Gasteiger partial charge in [-0.05, 0) is 43.7 Å². The van der Waals surface area contributed by atoms with Crippen LogP contribution in [0.4, 0.5) is 39.3 Å². The van der Waals surface area contributed by atoms with Gasteiger partial charge in [0.05, 0.1) is 22.5 Å². The molecule has 1 aliphatic rings. The van der Waals surface area contributed by atoms with Crippen LogP contribution in [0.25, 0.3) is 0 Å². The highest BCUT2D eigenvalue weighted by Gasteiger charge is 2.32. The van der Waals surface area contributed by atoms with Crippen LogP contribution in [0.5, 0.6) is 0 Å². The van der Waals surface area contributed by atoms with Crippen molar-refractivity contribution >= 4 is 27.3 Å². The van der Waals surface area contributed by atoms with Crippen molar-refractivity contribution in [2.45, 2.75) is 24.9 Å². The van der Waals surface area contributed by atoms with E-state index in [1.165, 1.54) is 13.8 Å². The molecule has 3 aromatic rings. The van der Waals surface area contributed by atoms with E-state index in [1.807, 2.05) is 6.07 Å². The van der Waals surface area contributed by atoms with Crippen LogP contribution in [0.3, 0.4) is 0 Å². The van der Waals surface area contributed by atoms with E-state index < -0.39 is 38.3 Å². The average molecular weight is 553 g/mol. The molecule has 1 N–H and O–H groups in total. The Morgan fingerprint density at radius 2 is 1.68 bits per heavy atom. The van der Waals surface area contributed by atoms with Crippen LogP contribution in [0, 0.1) is 36.8 Å². The third kappa shape index (κ3) is 5.33. The minimum atomic E-state index is -4.49. The van der Waals surface area contributed by atoms with E-state index in [4.69, 9.17) is 0 Å². The van der Waals surface area contributed by atoms with Crippen molar-refractivity contribution in [3.05, 3.63) is 70.5 Å². The number of nitrogens with one attached hydrogen (secondary N) is 1. The highest BCUT2D eigenvalue weighted by Crippen LogP contribution is 2.33. The Kier molecular flexibility index (Phi) is 7.16. The van der Waals surface area contributed by atoms with Gasteiger partial charge < -0.3 is 9.80 Å². The molecule has 0 bridgehead atoms. The molecule has 0 atom stereocenters. The lowest BCUT2D eigenvalue weighted by atomic mass is 10.1. The number of piperazine rings is 1. The number of anilines is 3. The predicted molar refractivity (Wildman–Crippen MR) is 129 cm³/mol. The molecule has 1 saturated heterocycles. The Morgan fingerprint density at radius 1 is 1.03 bits per heavy atom. The van der Waals surface area contributed by atoms with Gasteiger partial charge in [0.2, 0.25) is 0 Å². The molecule has 0 spiro atoms. The zero-order chi connectivity index (χ0) is 27.8. The van der Waals surface area contributed by atoms with Crippen LogP contribution in [0.15, 0.2) is 41.4 Å². The molecule has 1 aromatic carbocycles. The number of halogens is 5. The van der Waals surface area contributed by atoms with Gasteiger partial charge in [0.1, 0.15) is 34.2 Å². The Hall–Kier alpha value is -3.99. The first kappa shape index (κ1) is 27.1. The van der Waals surface area contributed by atoms with Gasteiger partial charge in [-0.2, -0.15) is 18.4 Å². The summed E-state index contributed by atoms with van der Waals surface area (Å²) in [6.45, 7) is 4.25. The molecule has 200 valence electrons. The second-order valence-electron chi connectivity index (χ2n) is 8.56. The Labute approximate surface area is 215 Å². The number of alkyl halides is 3. The van der Waals surface area contributed by atoms with Gasteiger partial charge >= 0.3 is 6.18 Å². The fourth-order valence-corrected chi connectivity index (χ4v) is 5.39. The van der Waals surface area contributed by atoms with Gasteiger partial charge in [-0.15, -0.1) is 0 Å². The zero-order valence-electron chi connectivity index (χ0n) is 20.1. The van der Waals surface area contributed by atoms with Crippen LogP contribution in [0.2, 0.25) is 0 Å². The summed E-state index contributed by atoms with van der Waals surface area (Å²) in [5.41, 5.74) is -0.268. The maximum absolute atomic E-state index is 14.1. The molecule has 38 heavy (non-hydrogen) atoms. The number of sulfonamides is 1. The average Bonchev–Trinajstić information content (AvgIpc) is 2.86. The molecule has 14 heteroatoms. The third-order valence-electron chi connectivity index (χ3n) is 6.12. The topological polar surface area (TPSA) is 102 Å². The normalized spacial score (nSPS) is 14.4. The van der Waals surface area contributed by atoms with Crippen molar-refractivity contribution in [1.82, 2.24) is 9.97 Å². The maximum Gasteiger partial charge on any atom is 0.416 e. The lowest BCUT2D eigenvalue weighted by Crippen LogP contribution is -2.47. The van der Waals surface area contributed by atoms with E-state index in [2.05, 4.69) is 14.7 Å². The number of hydrogen-bond acceptors (Lipinski definition) is 7. The number of rotatable bonds is 5. The summed E-state index contributed by atoms with van der Waals surface area (Å²) < 4.78 is 94.5.